The number of esters is 1. The molecule has 0 atom stereocenters. The monoisotopic (exact) mass is 741 g/mol. The van der Waals surface area contributed by atoms with Gasteiger partial charge in [0.05, 0.1) is 139 Å². The molecule has 0 aromatic heterocycles. The number of unbranched alkanes of at least 4 members (excludes halogenated alkanes) is 9. The number of rotatable bonds is 46. The standard InChI is InChI=1S/C38H76O13/c1-3-5-7-9-10-12-14-38(39)51-37-36-50-35-34-49-33-32-48-31-30-47-29-28-46-27-26-45-25-24-44-23-22-43-21-20-42-19-18-41-17-16-40-15-13-11-8-6-4-2/h3-37H2,1-2H3. The Morgan fingerprint density at radius 2 is 0.510 bits per heavy atom. The van der Waals surface area contributed by atoms with Crippen LogP contribution in [0.15, 0.2) is 0 Å². The predicted molar refractivity (Wildman–Crippen MR) is 197 cm³/mol. The molecule has 0 aliphatic carbocycles. The molecule has 0 radical (unpaired) electrons. The Labute approximate surface area is 310 Å². The summed E-state index contributed by atoms with van der Waals surface area (Å²) in [5.41, 5.74) is 0. The van der Waals surface area contributed by atoms with Crippen LogP contribution < -0.4 is 0 Å². The highest BCUT2D eigenvalue weighted by atomic mass is 16.6. The molecule has 0 bridgehead atoms. The molecule has 0 amide bonds. The molecule has 0 aliphatic rings. The van der Waals surface area contributed by atoms with E-state index < -0.39 is 0 Å². The van der Waals surface area contributed by atoms with Crippen LogP contribution in [0.2, 0.25) is 0 Å². The van der Waals surface area contributed by atoms with Crippen molar-refractivity contribution in [3.8, 4) is 0 Å². The van der Waals surface area contributed by atoms with Crippen LogP contribution in [0.1, 0.15) is 90.9 Å². The average molecular weight is 741 g/mol. The van der Waals surface area contributed by atoms with Crippen molar-refractivity contribution < 1.29 is 61.6 Å². The summed E-state index contributed by atoms with van der Waals surface area (Å²) in [5.74, 6) is -0.142. The topological polar surface area (TPSA) is 128 Å². The molecule has 0 heterocycles. The second-order valence-electron chi connectivity index (χ2n) is 11.9. The molecule has 13 nitrogen and oxygen atoms in total. The first-order valence-electron chi connectivity index (χ1n) is 19.8. The molecule has 0 saturated heterocycles. The lowest BCUT2D eigenvalue weighted by Crippen LogP contribution is -2.15. The summed E-state index contributed by atoms with van der Waals surface area (Å²) in [6.45, 7) is 16.3. The van der Waals surface area contributed by atoms with Gasteiger partial charge in [0.2, 0.25) is 0 Å². The van der Waals surface area contributed by atoms with Gasteiger partial charge in [-0.3, -0.25) is 4.79 Å². The Morgan fingerprint density at radius 3 is 0.824 bits per heavy atom. The van der Waals surface area contributed by atoms with Gasteiger partial charge in [-0.15, -0.1) is 0 Å². The second-order valence-corrected chi connectivity index (χ2v) is 11.9. The van der Waals surface area contributed by atoms with Gasteiger partial charge in [0.1, 0.15) is 6.61 Å². The molecule has 306 valence electrons. The zero-order valence-electron chi connectivity index (χ0n) is 32.6. The summed E-state index contributed by atoms with van der Waals surface area (Å²) in [6.07, 6.45) is 13.7. The molecule has 0 aliphatic heterocycles. The van der Waals surface area contributed by atoms with Crippen molar-refractivity contribution >= 4 is 5.97 Å². The van der Waals surface area contributed by atoms with Crippen molar-refractivity contribution in [1.82, 2.24) is 0 Å². The number of hydrogen-bond donors (Lipinski definition) is 0. The van der Waals surface area contributed by atoms with E-state index in [1.807, 2.05) is 0 Å². The van der Waals surface area contributed by atoms with Crippen LogP contribution in [0.5, 0.6) is 0 Å². The van der Waals surface area contributed by atoms with E-state index in [-0.39, 0.29) is 12.6 Å². The average Bonchev–Trinajstić information content (AvgIpc) is 3.14. The van der Waals surface area contributed by atoms with Crippen molar-refractivity contribution in [1.29, 1.82) is 0 Å². The highest BCUT2D eigenvalue weighted by Gasteiger charge is 2.03. The minimum absolute atomic E-state index is 0.142. The third-order valence-electron chi connectivity index (χ3n) is 7.34. The lowest BCUT2D eigenvalue weighted by atomic mass is 10.1. The lowest BCUT2D eigenvalue weighted by molar-refractivity contribution is -0.145. The van der Waals surface area contributed by atoms with Gasteiger partial charge in [-0.2, -0.15) is 0 Å². The van der Waals surface area contributed by atoms with Gasteiger partial charge in [-0.05, 0) is 12.8 Å². The Morgan fingerprint density at radius 1 is 0.275 bits per heavy atom. The molecule has 0 spiro atoms. The Hall–Kier alpha value is -0.970. The van der Waals surface area contributed by atoms with Crippen LogP contribution in [-0.2, 0) is 61.6 Å². The van der Waals surface area contributed by atoms with E-state index in [2.05, 4.69) is 13.8 Å². The van der Waals surface area contributed by atoms with Gasteiger partial charge < -0.3 is 56.8 Å². The van der Waals surface area contributed by atoms with Crippen LogP contribution in [0.3, 0.4) is 0 Å². The summed E-state index contributed by atoms with van der Waals surface area (Å²) in [7, 11) is 0. The molecule has 0 N–H and O–H groups in total. The first-order chi connectivity index (χ1) is 25.3. The minimum atomic E-state index is -0.142. The minimum Gasteiger partial charge on any atom is -0.463 e. The summed E-state index contributed by atoms with van der Waals surface area (Å²) in [6, 6.07) is 0. The van der Waals surface area contributed by atoms with Gasteiger partial charge in [-0.1, -0.05) is 71.6 Å². The predicted octanol–water partition coefficient (Wildman–Crippen LogP) is 5.43. The van der Waals surface area contributed by atoms with Gasteiger partial charge >= 0.3 is 5.97 Å². The van der Waals surface area contributed by atoms with Crippen molar-refractivity contribution in [3.63, 3.8) is 0 Å². The molecule has 0 aromatic carbocycles. The van der Waals surface area contributed by atoms with Crippen molar-refractivity contribution in [2.24, 2.45) is 0 Å². The number of carbonyl (C=O) groups is 1. The summed E-state index contributed by atoms with van der Waals surface area (Å²) >= 11 is 0. The SMILES string of the molecule is CCCCCCCCC(=O)OCCOCCOCCOCCOCCOCCOCCOCCOCCOCCOCCOCCCCCCC. The van der Waals surface area contributed by atoms with Gasteiger partial charge in [0, 0.05) is 13.0 Å². The number of ether oxygens (including phenoxy) is 12. The fourth-order valence-electron chi connectivity index (χ4n) is 4.45. The van der Waals surface area contributed by atoms with Crippen LogP contribution >= 0.6 is 0 Å². The molecule has 0 aromatic rings. The van der Waals surface area contributed by atoms with E-state index in [9.17, 15) is 4.79 Å². The Balaban J connectivity index is 3.09. The molecule has 0 unspecified atom stereocenters. The highest BCUT2D eigenvalue weighted by Crippen LogP contribution is 2.07. The van der Waals surface area contributed by atoms with E-state index in [4.69, 9.17) is 56.8 Å². The van der Waals surface area contributed by atoms with Gasteiger partial charge in [0.15, 0.2) is 0 Å². The zero-order valence-corrected chi connectivity index (χ0v) is 32.6. The first-order valence-corrected chi connectivity index (χ1v) is 19.8. The number of carbonyl (C=O) groups excluding carboxylic acids is 1. The molecule has 51 heavy (non-hydrogen) atoms. The second kappa shape index (κ2) is 47.1. The zero-order chi connectivity index (χ0) is 36.8. The quantitative estimate of drug-likeness (QED) is 0.0582. The normalized spacial score (nSPS) is 11.5. The maximum absolute atomic E-state index is 11.7. The third kappa shape index (κ3) is 47.0. The van der Waals surface area contributed by atoms with Crippen molar-refractivity contribution in [2.45, 2.75) is 90.9 Å². The highest BCUT2D eigenvalue weighted by molar-refractivity contribution is 5.69. The molecule has 0 saturated carbocycles. The van der Waals surface area contributed by atoms with Crippen LogP contribution in [0.25, 0.3) is 0 Å². The van der Waals surface area contributed by atoms with E-state index in [1.165, 1.54) is 51.4 Å². The lowest BCUT2D eigenvalue weighted by Gasteiger charge is -2.09. The Bertz CT molecular complexity index is 645. The summed E-state index contributed by atoms with van der Waals surface area (Å²) < 4.78 is 65.6. The van der Waals surface area contributed by atoms with E-state index in [0.717, 1.165) is 25.9 Å². The number of hydrogen-bond acceptors (Lipinski definition) is 13. The first kappa shape index (κ1) is 50.0. The smallest absolute Gasteiger partial charge is 0.305 e. The van der Waals surface area contributed by atoms with Crippen molar-refractivity contribution in [2.75, 3.05) is 152 Å². The maximum Gasteiger partial charge on any atom is 0.305 e. The van der Waals surface area contributed by atoms with Gasteiger partial charge in [-0.25, -0.2) is 0 Å². The molecular weight excluding hydrogens is 664 g/mol. The molecule has 13 heteroatoms. The molecule has 0 rings (SSSR count). The third-order valence-corrected chi connectivity index (χ3v) is 7.34. The molecule has 0 fully saturated rings. The van der Waals surface area contributed by atoms with Crippen molar-refractivity contribution in [3.05, 3.63) is 0 Å². The van der Waals surface area contributed by atoms with Crippen LogP contribution in [-0.4, -0.2) is 158 Å². The van der Waals surface area contributed by atoms with E-state index in [0.29, 0.717) is 145 Å². The summed E-state index contributed by atoms with van der Waals surface area (Å²) in [4.78, 5) is 11.7. The van der Waals surface area contributed by atoms with Gasteiger partial charge in [0.25, 0.3) is 0 Å². The van der Waals surface area contributed by atoms with Crippen LogP contribution in [0.4, 0.5) is 0 Å². The molecular formula is C38H76O13. The van der Waals surface area contributed by atoms with E-state index in [1.54, 1.807) is 0 Å². The van der Waals surface area contributed by atoms with Crippen LogP contribution in [0, 0.1) is 0 Å². The summed E-state index contributed by atoms with van der Waals surface area (Å²) in [5, 5.41) is 0. The maximum atomic E-state index is 11.7. The van der Waals surface area contributed by atoms with E-state index >= 15 is 0 Å². The largest absolute Gasteiger partial charge is 0.463 e. The fraction of sp³-hybridized carbons (Fsp3) is 0.974. The fourth-order valence-corrected chi connectivity index (χ4v) is 4.45. The Kier molecular flexibility index (Phi) is 46.2.